The van der Waals surface area contributed by atoms with Crippen molar-refractivity contribution in [1.82, 2.24) is 0 Å². The van der Waals surface area contributed by atoms with Crippen molar-refractivity contribution in [1.29, 1.82) is 0 Å². The molecule has 0 bridgehead atoms. The molecule has 0 saturated carbocycles. The smallest absolute Gasteiger partial charge is 0.161 e. The van der Waals surface area contributed by atoms with Gasteiger partial charge in [0, 0.05) is 10.8 Å². The van der Waals surface area contributed by atoms with Crippen LogP contribution in [0.1, 0.15) is 20.3 Å². The quantitative estimate of drug-likeness (QED) is 0.871. The van der Waals surface area contributed by atoms with Crippen LogP contribution in [0.15, 0.2) is 23.2 Å². The van der Waals surface area contributed by atoms with E-state index in [0.717, 1.165) is 17.3 Å². The molecule has 1 aromatic carbocycles. The molecule has 0 amide bonds. The van der Waals surface area contributed by atoms with E-state index < -0.39 is 0 Å². The van der Waals surface area contributed by atoms with E-state index >= 15 is 0 Å². The summed E-state index contributed by atoms with van der Waals surface area (Å²) in [5, 5.41) is 4.23. The van der Waals surface area contributed by atoms with Gasteiger partial charge in [0.2, 0.25) is 0 Å². The molecular weight excluding hydrogens is 271 g/mol. The first-order valence-electron chi connectivity index (χ1n) is 5.99. The summed E-state index contributed by atoms with van der Waals surface area (Å²) in [5.74, 6) is 1.18. The van der Waals surface area contributed by atoms with Crippen molar-refractivity contribution in [3.8, 4) is 0 Å². The predicted octanol–water partition coefficient (Wildman–Crippen LogP) is 4.41. The molecule has 0 saturated heterocycles. The number of halogens is 2. The van der Waals surface area contributed by atoms with E-state index in [2.05, 4.69) is 24.2 Å². The van der Waals surface area contributed by atoms with Gasteiger partial charge in [0.05, 0.1) is 11.7 Å². The monoisotopic (exact) mass is 286 g/mol. The molecule has 1 atom stereocenters. The van der Waals surface area contributed by atoms with Crippen LogP contribution >= 0.6 is 23.4 Å². The van der Waals surface area contributed by atoms with E-state index in [1.807, 2.05) is 0 Å². The van der Waals surface area contributed by atoms with Gasteiger partial charge in [0.15, 0.2) is 5.17 Å². The lowest BCUT2D eigenvalue weighted by molar-refractivity contribution is 0.485. The van der Waals surface area contributed by atoms with Gasteiger partial charge in [0.1, 0.15) is 5.82 Å². The molecule has 18 heavy (non-hydrogen) atoms. The molecule has 0 aliphatic carbocycles. The molecule has 1 unspecified atom stereocenters. The van der Waals surface area contributed by atoms with Crippen LogP contribution in [-0.4, -0.2) is 17.0 Å². The summed E-state index contributed by atoms with van der Waals surface area (Å²) in [7, 11) is 0. The van der Waals surface area contributed by atoms with Gasteiger partial charge in [0.25, 0.3) is 0 Å². The van der Waals surface area contributed by atoms with Gasteiger partial charge in [-0.15, -0.1) is 0 Å². The SMILES string of the molecule is CC(C)C1CCSC(Nc2ccc(Cl)cc2F)=N1. The third-order valence-electron chi connectivity index (χ3n) is 2.88. The molecule has 1 aliphatic heterocycles. The van der Waals surface area contributed by atoms with Gasteiger partial charge >= 0.3 is 0 Å². The van der Waals surface area contributed by atoms with Crippen molar-refractivity contribution in [2.75, 3.05) is 11.1 Å². The van der Waals surface area contributed by atoms with Crippen molar-refractivity contribution < 1.29 is 4.39 Å². The fourth-order valence-electron chi connectivity index (χ4n) is 1.79. The Bertz CT molecular complexity index is 462. The lowest BCUT2D eigenvalue weighted by Crippen LogP contribution is -2.24. The van der Waals surface area contributed by atoms with Gasteiger partial charge < -0.3 is 5.32 Å². The number of benzene rings is 1. The molecule has 1 heterocycles. The minimum absolute atomic E-state index is 0.323. The summed E-state index contributed by atoms with van der Waals surface area (Å²) < 4.78 is 13.6. The number of rotatable bonds is 2. The van der Waals surface area contributed by atoms with Crippen molar-refractivity contribution >= 4 is 34.2 Å². The number of hydrogen-bond donors (Lipinski definition) is 1. The first-order chi connectivity index (χ1) is 8.56. The van der Waals surface area contributed by atoms with E-state index in [4.69, 9.17) is 11.6 Å². The molecule has 1 N–H and O–H groups in total. The van der Waals surface area contributed by atoms with Crippen LogP contribution in [0.4, 0.5) is 10.1 Å². The third kappa shape index (κ3) is 3.39. The summed E-state index contributed by atoms with van der Waals surface area (Å²) in [6.07, 6.45) is 1.08. The van der Waals surface area contributed by atoms with E-state index in [0.29, 0.717) is 22.7 Å². The zero-order chi connectivity index (χ0) is 13.1. The second-order valence-corrected chi connectivity index (χ2v) is 6.15. The van der Waals surface area contributed by atoms with Crippen LogP contribution < -0.4 is 5.32 Å². The highest BCUT2D eigenvalue weighted by molar-refractivity contribution is 8.14. The van der Waals surface area contributed by atoms with Gasteiger partial charge in [-0.05, 0) is 30.5 Å². The Morgan fingerprint density at radius 1 is 1.50 bits per heavy atom. The van der Waals surface area contributed by atoms with E-state index in [-0.39, 0.29) is 5.82 Å². The summed E-state index contributed by atoms with van der Waals surface area (Å²) >= 11 is 7.35. The third-order valence-corrected chi connectivity index (χ3v) is 4.03. The lowest BCUT2D eigenvalue weighted by atomic mass is 10.0. The van der Waals surface area contributed by atoms with Gasteiger partial charge in [-0.2, -0.15) is 0 Å². The maximum Gasteiger partial charge on any atom is 0.161 e. The topological polar surface area (TPSA) is 24.4 Å². The molecule has 5 heteroatoms. The average molecular weight is 287 g/mol. The molecule has 1 aromatic rings. The molecule has 98 valence electrons. The zero-order valence-electron chi connectivity index (χ0n) is 10.4. The van der Waals surface area contributed by atoms with Crippen LogP contribution in [0, 0.1) is 11.7 Å². The largest absolute Gasteiger partial charge is 0.333 e. The maximum absolute atomic E-state index is 13.6. The molecule has 1 aliphatic rings. The van der Waals surface area contributed by atoms with Crippen LogP contribution in [-0.2, 0) is 0 Å². The van der Waals surface area contributed by atoms with Crippen molar-refractivity contribution in [3.63, 3.8) is 0 Å². The number of nitrogens with one attached hydrogen (secondary N) is 1. The Hall–Kier alpha value is -0.740. The molecule has 0 radical (unpaired) electrons. The van der Waals surface area contributed by atoms with Crippen molar-refractivity contribution in [2.45, 2.75) is 26.3 Å². The first kappa shape index (κ1) is 13.7. The van der Waals surface area contributed by atoms with E-state index in [1.165, 1.54) is 6.07 Å². The molecule has 0 spiro atoms. The minimum Gasteiger partial charge on any atom is -0.333 e. The fourth-order valence-corrected chi connectivity index (χ4v) is 2.89. The number of thioether (sulfide) groups is 1. The predicted molar refractivity (Wildman–Crippen MR) is 78.2 cm³/mol. The lowest BCUT2D eigenvalue weighted by Gasteiger charge is -2.23. The van der Waals surface area contributed by atoms with E-state index in [9.17, 15) is 4.39 Å². The first-order valence-corrected chi connectivity index (χ1v) is 7.35. The van der Waals surface area contributed by atoms with Gasteiger partial charge in [-0.1, -0.05) is 37.2 Å². The van der Waals surface area contributed by atoms with Crippen molar-refractivity contribution in [3.05, 3.63) is 29.0 Å². The minimum atomic E-state index is -0.350. The Morgan fingerprint density at radius 2 is 2.28 bits per heavy atom. The Morgan fingerprint density at radius 3 is 2.94 bits per heavy atom. The summed E-state index contributed by atoms with van der Waals surface area (Å²) in [4.78, 5) is 4.61. The van der Waals surface area contributed by atoms with Gasteiger partial charge in [-0.25, -0.2) is 4.39 Å². The number of amidine groups is 1. The highest BCUT2D eigenvalue weighted by atomic mass is 35.5. The van der Waals surface area contributed by atoms with Crippen molar-refractivity contribution in [2.24, 2.45) is 10.9 Å². The van der Waals surface area contributed by atoms with E-state index in [1.54, 1.807) is 23.9 Å². The molecule has 0 fully saturated rings. The summed E-state index contributed by atoms with van der Waals surface area (Å²) in [6, 6.07) is 4.93. The summed E-state index contributed by atoms with van der Waals surface area (Å²) in [6.45, 7) is 4.31. The Balaban J connectivity index is 2.13. The Kier molecular flexibility index (Phi) is 4.51. The average Bonchev–Trinajstić information content (AvgIpc) is 2.33. The molecule has 2 nitrogen and oxygen atoms in total. The second kappa shape index (κ2) is 5.93. The van der Waals surface area contributed by atoms with Crippen LogP contribution in [0.3, 0.4) is 0 Å². The van der Waals surface area contributed by atoms with Crippen LogP contribution in [0.25, 0.3) is 0 Å². The van der Waals surface area contributed by atoms with Crippen LogP contribution in [0.2, 0.25) is 5.02 Å². The fraction of sp³-hybridized carbons (Fsp3) is 0.462. The molecular formula is C13H16ClFN2S. The summed E-state index contributed by atoms with van der Waals surface area (Å²) in [5.41, 5.74) is 0.426. The standard InChI is InChI=1S/C13H16ClFN2S/c1-8(2)11-5-6-18-13(16-11)17-12-4-3-9(14)7-10(12)15/h3-4,7-8,11H,5-6H2,1-2H3,(H,16,17). The van der Waals surface area contributed by atoms with Gasteiger partial charge in [-0.3, -0.25) is 4.99 Å². The number of hydrogen-bond acceptors (Lipinski definition) is 3. The Labute approximate surface area is 116 Å². The molecule has 0 aromatic heterocycles. The number of nitrogens with zero attached hydrogens (tertiary/aromatic N) is 1. The number of aliphatic imine (C=N–C) groups is 1. The highest BCUT2D eigenvalue weighted by Crippen LogP contribution is 2.25. The second-order valence-electron chi connectivity index (χ2n) is 4.63. The number of anilines is 1. The maximum atomic E-state index is 13.6. The normalized spacial score (nSPS) is 19.8. The van der Waals surface area contributed by atoms with Crippen LogP contribution in [0.5, 0.6) is 0 Å². The zero-order valence-corrected chi connectivity index (χ0v) is 12.0. The highest BCUT2D eigenvalue weighted by Gasteiger charge is 2.19. The molecule has 2 rings (SSSR count).